The highest BCUT2D eigenvalue weighted by Gasteiger charge is 2.27. The van der Waals surface area contributed by atoms with Crippen molar-refractivity contribution in [3.63, 3.8) is 0 Å². The molecular weight excluding hydrogens is 252 g/mol. The summed E-state index contributed by atoms with van der Waals surface area (Å²) >= 11 is 5.86. The van der Waals surface area contributed by atoms with E-state index in [0.29, 0.717) is 17.8 Å². The van der Waals surface area contributed by atoms with Crippen molar-refractivity contribution >= 4 is 17.4 Å². The van der Waals surface area contributed by atoms with Crippen LogP contribution in [0.3, 0.4) is 0 Å². The van der Waals surface area contributed by atoms with Crippen LogP contribution >= 0.6 is 11.6 Å². The number of anilines is 1. The van der Waals surface area contributed by atoms with Crippen LogP contribution in [-0.2, 0) is 6.42 Å². The van der Waals surface area contributed by atoms with Crippen LogP contribution < -0.4 is 5.32 Å². The first-order valence-corrected chi connectivity index (χ1v) is 5.60. The van der Waals surface area contributed by atoms with E-state index in [9.17, 15) is 8.78 Å². The molecule has 0 aliphatic carbocycles. The van der Waals surface area contributed by atoms with Gasteiger partial charge in [0.15, 0.2) is 0 Å². The third-order valence-electron chi connectivity index (χ3n) is 2.14. The number of aliphatic hydroxyl groups is 1. The topological polar surface area (TPSA) is 58.0 Å². The van der Waals surface area contributed by atoms with E-state index in [0.717, 1.165) is 6.42 Å². The maximum Gasteiger partial charge on any atom is 0.287 e. The molecule has 0 saturated carbocycles. The van der Waals surface area contributed by atoms with E-state index >= 15 is 0 Å². The van der Waals surface area contributed by atoms with E-state index in [1.807, 2.05) is 6.92 Å². The van der Waals surface area contributed by atoms with Crippen LogP contribution in [0.25, 0.3) is 0 Å². The number of nitrogens with zero attached hydrogens (tertiary/aromatic N) is 2. The molecule has 0 amide bonds. The normalized spacial score (nSPS) is 11.6. The van der Waals surface area contributed by atoms with Crippen molar-refractivity contribution in [2.75, 3.05) is 18.5 Å². The van der Waals surface area contributed by atoms with Crippen LogP contribution in [0.2, 0.25) is 5.15 Å². The molecule has 0 bridgehead atoms. The summed E-state index contributed by atoms with van der Waals surface area (Å²) in [5.74, 6) is -2.89. The second-order valence-electron chi connectivity index (χ2n) is 3.61. The first-order chi connectivity index (χ1) is 8.00. The summed E-state index contributed by atoms with van der Waals surface area (Å²) < 4.78 is 25.7. The molecule has 4 nitrogen and oxygen atoms in total. The van der Waals surface area contributed by atoms with Gasteiger partial charge in [-0.2, -0.15) is 0 Å². The largest absolute Gasteiger partial charge is 0.390 e. The Hall–Kier alpha value is -1.01. The monoisotopic (exact) mass is 265 g/mol. The molecule has 1 aromatic heterocycles. The molecular formula is C10H14ClF2N3O. The van der Waals surface area contributed by atoms with Gasteiger partial charge in [0, 0.05) is 5.56 Å². The summed E-state index contributed by atoms with van der Waals surface area (Å²) in [5, 5.41) is 11.2. The molecule has 1 aromatic rings. The van der Waals surface area contributed by atoms with E-state index in [4.69, 9.17) is 16.7 Å². The zero-order valence-corrected chi connectivity index (χ0v) is 10.1. The van der Waals surface area contributed by atoms with Crippen molar-refractivity contribution in [1.82, 2.24) is 9.97 Å². The third kappa shape index (κ3) is 4.05. The van der Waals surface area contributed by atoms with Crippen molar-refractivity contribution in [3.8, 4) is 0 Å². The molecule has 0 saturated heterocycles. The number of alkyl halides is 2. The number of aliphatic hydroxyl groups excluding tert-OH is 1. The number of aromatic nitrogens is 2. The van der Waals surface area contributed by atoms with Gasteiger partial charge in [-0.3, -0.25) is 0 Å². The smallest absolute Gasteiger partial charge is 0.287 e. The van der Waals surface area contributed by atoms with Crippen LogP contribution in [0, 0.1) is 0 Å². The van der Waals surface area contributed by atoms with Gasteiger partial charge in [0.05, 0.1) is 6.54 Å². The lowest BCUT2D eigenvalue weighted by Gasteiger charge is -2.16. The number of halogens is 3. The van der Waals surface area contributed by atoms with E-state index in [-0.39, 0.29) is 5.15 Å². The molecule has 0 fully saturated rings. The molecule has 1 rings (SSSR count). The Kier molecular flexibility index (Phi) is 5.02. The summed E-state index contributed by atoms with van der Waals surface area (Å²) in [6.45, 7) is 0.0465. The summed E-state index contributed by atoms with van der Waals surface area (Å²) in [6.07, 6.45) is 2.62. The summed E-state index contributed by atoms with van der Waals surface area (Å²) in [4.78, 5) is 7.67. The highest BCUT2D eigenvalue weighted by atomic mass is 35.5. The van der Waals surface area contributed by atoms with Gasteiger partial charge >= 0.3 is 0 Å². The van der Waals surface area contributed by atoms with Gasteiger partial charge in [-0.15, -0.1) is 0 Å². The Labute approximate surface area is 103 Å². The standard InChI is InChI=1S/C10H14ClF2N3O/c1-2-3-7-8(11)15-6-16-9(7)14-4-10(12,13)5-17/h6,17H,2-5H2,1H3,(H,14,15,16). The molecule has 0 atom stereocenters. The Morgan fingerprint density at radius 2 is 2.18 bits per heavy atom. The summed E-state index contributed by atoms with van der Waals surface area (Å²) in [6, 6.07) is 0. The number of hydrogen-bond donors (Lipinski definition) is 2. The highest BCUT2D eigenvalue weighted by Crippen LogP contribution is 2.22. The average Bonchev–Trinajstić information content (AvgIpc) is 2.30. The Morgan fingerprint density at radius 1 is 1.47 bits per heavy atom. The number of hydrogen-bond acceptors (Lipinski definition) is 4. The lowest BCUT2D eigenvalue weighted by atomic mass is 10.2. The van der Waals surface area contributed by atoms with E-state index in [2.05, 4.69) is 15.3 Å². The molecule has 0 aromatic carbocycles. The van der Waals surface area contributed by atoms with Gasteiger partial charge in [-0.25, -0.2) is 18.7 Å². The molecule has 0 radical (unpaired) electrons. The SMILES string of the molecule is CCCc1c(Cl)ncnc1NCC(F)(F)CO. The van der Waals surface area contributed by atoms with Crippen LogP contribution in [0.5, 0.6) is 0 Å². The van der Waals surface area contributed by atoms with Gasteiger partial charge in [-0.1, -0.05) is 24.9 Å². The van der Waals surface area contributed by atoms with E-state index in [1.54, 1.807) is 0 Å². The van der Waals surface area contributed by atoms with Crippen molar-refractivity contribution in [2.24, 2.45) is 0 Å². The zero-order valence-electron chi connectivity index (χ0n) is 9.38. The van der Waals surface area contributed by atoms with Crippen LogP contribution in [0.1, 0.15) is 18.9 Å². The van der Waals surface area contributed by atoms with E-state index in [1.165, 1.54) is 6.33 Å². The molecule has 17 heavy (non-hydrogen) atoms. The van der Waals surface area contributed by atoms with Crippen LogP contribution in [0.4, 0.5) is 14.6 Å². The minimum absolute atomic E-state index is 0.261. The van der Waals surface area contributed by atoms with Crippen molar-refractivity contribution in [2.45, 2.75) is 25.7 Å². The second kappa shape index (κ2) is 6.07. The minimum Gasteiger partial charge on any atom is -0.390 e. The fraction of sp³-hybridized carbons (Fsp3) is 0.600. The molecule has 96 valence electrons. The first kappa shape index (κ1) is 14.1. The molecule has 0 spiro atoms. The second-order valence-corrected chi connectivity index (χ2v) is 3.97. The van der Waals surface area contributed by atoms with Crippen molar-refractivity contribution in [3.05, 3.63) is 17.0 Å². The Bertz CT molecular complexity index is 377. The molecule has 2 N–H and O–H groups in total. The lowest BCUT2D eigenvalue weighted by molar-refractivity contribution is -0.0373. The minimum atomic E-state index is -3.18. The summed E-state index contributed by atoms with van der Waals surface area (Å²) in [5.41, 5.74) is 0.616. The van der Waals surface area contributed by atoms with Gasteiger partial charge < -0.3 is 10.4 Å². The van der Waals surface area contributed by atoms with Gasteiger partial charge in [0.25, 0.3) is 5.92 Å². The van der Waals surface area contributed by atoms with Crippen molar-refractivity contribution < 1.29 is 13.9 Å². The van der Waals surface area contributed by atoms with Crippen LogP contribution in [-0.4, -0.2) is 34.1 Å². The van der Waals surface area contributed by atoms with Gasteiger partial charge in [0.1, 0.15) is 23.9 Å². The van der Waals surface area contributed by atoms with Gasteiger partial charge in [0.2, 0.25) is 0 Å². The van der Waals surface area contributed by atoms with E-state index < -0.39 is 19.1 Å². The number of nitrogens with one attached hydrogen (secondary N) is 1. The fourth-order valence-corrected chi connectivity index (χ4v) is 1.51. The maximum atomic E-state index is 12.9. The zero-order chi connectivity index (χ0) is 12.9. The predicted molar refractivity (Wildman–Crippen MR) is 61.6 cm³/mol. The molecule has 0 aliphatic rings. The molecule has 1 heterocycles. The number of rotatable bonds is 6. The Balaban J connectivity index is 2.80. The fourth-order valence-electron chi connectivity index (χ4n) is 1.28. The van der Waals surface area contributed by atoms with Crippen LogP contribution in [0.15, 0.2) is 6.33 Å². The molecule has 0 unspecified atom stereocenters. The first-order valence-electron chi connectivity index (χ1n) is 5.22. The Morgan fingerprint density at radius 3 is 2.76 bits per heavy atom. The van der Waals surface area contributed by atoms with Crippen molar-refractivity contribution in [1.29, 1.82) is 0 Å². The highest BCUT2D eigenvalue weighted by molar-refractivity contribution is 6.30. The molecule has 0 aliphatic heterocycles. The van der Waals surface area contributed by atoms with Gasteiger partial charge in [-0.05, 0) is 6.42 Å². The quantitative estimate of drug-likeness (QED) is 0.774. The average molecular weight is 266 g/mol. The molecule has 7 heteroatoms. The predicted octanol–water partition coefficient (Wildman–Crippen LogP) is 2.12. The third-order valence-corrected chi connectivity index (χ3v) is 2.46. The maximum absolute atomic E-state index is 12.9. The lowest BCUT2D eigenvalue weighted by Crippen LogP contribution is -2.31. The summed E-state index contributed by atoms with van der Waals surface area (Å²) in [7, 11) is 0.